The van der Waals surface area contributed by atoms with Gasteiger partial charge in [-0.25, -0.2) is 9.59 Å². The van der Waals surface area contributed by atoms with Gasteiger partial charge in [-0.1, -0.05) is 81.4 Å². The van der Waals surface area contributed by atoms with E-state index in [1.165, 1.54) is 0 Å². The first-order valence-corrected chi connectivity index (χ1v) is 14.2. The van der Waals surface area contributed by atoms with Crippen LogP contribution in [0.2, 0.25) is 0 Å². The highest BCUT2D eigenvalue weighted by Gasteiger charge is 2.33. The van der Waals surface area contributed by atoms with Crippen LogP contribution < -0.4 is 16.0 Å². The van der Waals surface area contributed by atoms with E-state index in [9.17, 15) is 24.0 Å². The van der Waals surface area contributed by atoms with Crippen molar-refractivity contribution in [1.29, 1.82) is 0 Å². The average molecular weight is 582 g/mol. The van der Waals surface area contributed by atoms with Crippen LogP contribution in [0, 0.1) is 5.92 Å². The predicted octanol–water partition coefficient (Wildman–Crippen LogP) is 3.86. The van der Waals surface area contributed by atoms with E-state index in [1.807, 2.05) is 38.1 Å². The summed E-state index contributed by atoms with van der Waals surface area (Å²) in [5, 5.41) is 7.66. The van der Waals surface area contributed by atoms with Gasteiger partial charge in [-0.15, -0.1) is 0 Å². The Kier molecular flexibility index (Phi) is 13.2. The van der Waals surface area contributed by atoms with Crippen LogP contribution >= 0.6 is 0 Å². The van der Waals surface area contributed by atoms with Gasteiger partial charge in [0, 0.05) is 6.42 Å². The predicted molar refractivity (Wildman–Crippen MR) is 158 cm³/mol. The van der Waals surface area contributed by atoms with Crippen LogP contribution in [0.3, 0.4) is 0 Å². The number of carbonyl (C=O) groups is 5. The van der Waals surface area contributed by atoms with Gasteiger partial charge in [0.25, 0.3) is 5.91 Å². The van der Waals surface area contributed by atoms with E-state index in [0.717, 1.165) is 11.1 Å². The Morgan fingerprint density at radius 3 is 1.86 bits per heavy atom. The number of ether oxygens (including phenoxy) is 2. The third-order valence-corrected chi connectivity index (χ3v) is 6.07. The van der Waals surface area contributed by atoms with Gasteiger partial charge in [0.1, 0.15) is 24.3 Å². The van der Waals surface area contributed by atoms with Gasteiger partial charge in [0.15, 0.2) is 0 Å². The molecule has 0 radical (unpaired) electrons. The van der Waals surface area contributed by atoms with Crippen LogP contribution in [-0.2, 0) is 41.7 Å². The molecule has 0 bridgehead atoms. The van der Waals surface area contributed by atoms with Crippen LogP contribution in [0.25, 0.3) is 0 Å². The minimum absolute atomic E-state index is 0.0117. The summed E-state index contributed by atoms with van der Waals surface area (Å²) in [5.41, 5.74) is 0.776. The lowest BCUT2D eigenvalue weighted by atomic mass is 10.0. The van der Waals surface area contributed by atoms with Crippen molar-refractivity contribution in [2.75, 3.05) is 0 Å². The lowest BCUT2D eigenvalue weighted by Gasteiger charge is -2.26. The summed E-state index contributed by atoms with van der Waals surface area (Å²) in [4.78, 5) is 64.7. The third-order valence-electron chi connectivity index (χ3n) is 6.07. The highest BCUT2D eigenvalue weighted by Crippen LogP contribution is 2.13. The maximum absolute atomic E-state index is 13.3. The maximum Gasteiger partial charge on any atom is 0.408 e. The molecule has 2 aromatic rings. The number of amides is 3. The first-order chi connectivity index (χ1) is 19.8. The van der Waals surface area contributed by atoms with Crippen LogP contribution in [0.5, 0.6) is 0 Å². The number of hydrogen-bond acceptors (Lipinski definition) is 7. The average Bonchev–Trinajstić information content (AvgIpc) is 2.93. The van der Waals surface area contributed by atoms with E-state index in [1.54, 1.807) is 64.1 Å². The zero-order chi connectivity index (χ0) is 31.3. The fourth-order valence-electron chi connectivity index (χ4n) is 4.04. The molecule has 10 heteroatoms. The summed E-state index contributed by atoms with van der Waals surface area (Å²) in [6.07, 6.45) is -0.305. The largest absolute Gasteiger partial charge is 0.458 e. The first-order valence-electron chi connectivity index (χ1n) is 14.2. The van der Waals surface area contributed by atoms with Gasteiger partial charge in [-0.3, -0.25) is 14.4 Å². The van der Waals surface area contributed by atoms with Crippen LogP contribution in [0.1, 0.15) is 65.5 Å². The minimum atomic E-state index is -1.18. The third kappa shape index (κ3) is 12.1. The molecule has 2 aromatic carbocycles. The summed E-state index contributed by atoms with van der Waals surface area (Å²) >= 11 is 0. The number of hydrogen-bond donors (Lipinski definition) is 3. The number of Topliss-reactive ketones (excluding diaryl/α,β-unsaturated/α-hetero) is 1. The van der Waals surface area contributed by atoms with Crippen LogP contribution in [-0.4, -0.2) is 53.4 Å². The van der Waals surface area contributed by atoms with Gasteiger partial charge in [-0.2, -0.15) is 0 Å². The highest BCUT2D eigenvalue weighted by atomic mass is 16.6. The lowest BCUT2D eigenvalue weighted by molar-refractivity contribution is -0.159. The molecule has 42 heavy (non-hydrogen) atoms. The summed E-state index contributed by atoms with van der Waals surface area (Å²) in [6.45, 7) is 10.6. The van der Waals surface area contributed by atoms with Crippen molar-refractivity contribution in [3.05, 3.63) is 71.8 Å². The molecule has 0 aromatic heterocycles. The van der Waals surface area contributed by atoms with Crippen molar-refractivity contribution in [1.82, 2.24) is 16.0 Å². The number of nitrogens with one attached hydrogen (secondary N) is 3. The molecule has 0 fully saturated rings. The molecule has 0 aliphatic rings. The Bertz CT molecular complexity index is 1190. The number of rotatable bonds is 14. The molecule has 228 valence electrons. The molecule has 0 heterocycles. The van der Waals surface area contributed by atoms with Crippen molar-refractivity contribution in [3.63, 3.8) is 0 Å². The molecule has 0 saturated heterocycles. The standard InChI is InChI=1S/C32H43N3O7/c1-7-24(27(36)29(38)34-26(18-21(2)3)30(39)42-32(4,5)6)33-28(37)25(19-22-14-10-8-11-15-22)35-31(40)41-20-23-16-12-9-13-17-23/h8-17,21,24-26H,7,18-20H2,1-6H3,(H,33,37)(H,34,38)(H,35,40)/t24?,25-,26+/m0/s1. The summed E-state index contributed by atoms with van der Waals surface area (Å²) < 4.78 is 10.7. The normalized spacial score (nSPS) is 13.3. The topological polar surface area (TPSA) is 140 Å². The monoisotopic (exact) mass is 581 g/mol. The SMILES string of the molecule is CCC(NC(=O)[C@H](Cc1ccccc1)NC(=O)OCc1ccccc1)C(=O)C(=O)N[C@H](CC(C)C)C(=O)OC(C)(C)C. The Morgan fingerprint density at radius 2 is 1.33 bits per heavy atom. The second-order valence-electron chi connectivity index (χ2n) is 11.5. The molecule has 0 spiro atoms. The van der Waals surface area contributed by atoms with E-state index >= 15 is 0 Å². The van der Waals surface area contributed by atoms with Crippen molar-refractivity contribution in [2.24, 2.45) is 5.92 Å². The van der Waals surface area contributed by atoms with Gasteiger partial charge in [0.05, 0.1) is 6.04 Å². The number of ketones is 1. The zero-order valence-electron chi connectivity index (χ0n) is 25.3. The van der Waals surface area contributed by atoms with E-state index in [0.29, 0.717) is 0 Å². The summed E-state index contributed by atoms with van der Waals surface area (Å²) in [7, 11) is 0. The van der Waals surface area contributed by atoms with E-state index in [-0.39, 0.29) is 31.8 Å². The Balaban J connectivity index is 2.12. The van der Waals surface area contributed by atoms with Crippen molar-refractivity contribution in [2.45, 2.75) is 91.1 Å². The molecule has 0 saturated carbocycles. The molecular formula is C32H43N3O7. The maximum atomic E-state index is 13.3. The minimum Gasteiger partial charge on any atom is -0.458 e. The number of alkyl carbamates (subject to hydrolysis) is 1. The Morgan fingerprint density at radius 1 is 0.762 bits per heavy atom. The van der Waals surface area contributed by atoms with Crippen LogP contribution in [0.15, 0.2) is 60.7 Å². The van der Waals surface area contributed by atoms with E-state index < -0.39 is 53.4 Å². The zero-order valence-corrected chi connectivity index (χ0v) is 25.3. The molecule has 0 aliphatic heterocycles. The first kappa shape index (κ1) is 34.0. The molecular weight excluding hydrogens is 538 g/mol. The van der Waals surface area contributed by atoms with Crippen molar-refractivity contribution in [3.8, 4) is 0 Å². The second-order valence-corrected chi connectivity index (χ2v) is 11.5. The fourth-order valence-corrected chi connectivity index (χ4v) is 4.04. The molecule has 3 atom stereocenters. The molecule has 0 aliphatic carbocycles. The van der Waals surface area contributed by atoms with Crippen molar-refractivity contribution >= 4 is 29.7 Å². The molecule has 2 rings (SSSR count). The summed E-state index contributed by atoms with van der Waals surface area (Å²) in [6, 6.07) is 14.8. The smallest absolute Gasteiger partial charge is 0.408 e. The van der Waals surface area contributed by atoms with Gasteiger partial charge < -0.3 is 25.4 Å². The molecule has 3 amide bonds. The number of carbonyl (C=O) groups excluding carboxylic acids is 5. The lowest BCUT2D eigenvalue weighted by Crippen LogP contribution is -2.56. The Hall–Kier alpha value is -4.21. The van der Waals surface area contributed by atoms with Gasteiger partial charge in [-0.05, 0) is 50.7 Å². The number of esters is 1. The van der Waals surface area contributed by atoms with Gasteiger partial charge in [0.2, 0.25) is 11.7 Å². The quantitative estimate of drug-likeness (QED) is 0.227. The van der Waals surface area contributed by atoms with Crippen LogP contribution in [0.4, 0.5) is 4.79 Å². The Labute approximate surface area is 247 Å². The molecule has 1 unspecified atom stereocenters. The highest BCUT2D eigenvalue weighted by molar-refractivity contribution is 6.38. The van der Waals surface area contributed by atoms with E-state index in [2.05, 4.69) is 16.0 Å². The number of benzene rings is 2. The molecule has 10 nitrogen and oxygen atoms in total. The van der Waals surface area contributed by atoms with Crippen molar-refractivity contribution < 1.29 is 33.4 Å². The second kappa shape index (κ2) is 16.3. The van der Waals surface area contributed by atoms with E-state index in [4.69, 9.17) is 9.47 Å². The van der Waals surface area contributed by atoms with Gasteiger partial charge >= 0.3 is 12.1 Å². The molecule has 3 N–H and O–H groups in total. The summed E-state index contributed by atoms with van der Waals surface area (Å²) in [5.74, 6) is -3.18. The fraction of sp³-hybridized carbons (Fsp3) is 0.469.